The molecule has 0 unspecified atom stereocenters. The molecule has 1 spiro atoms. The van der Waals surface area contributed by atoms with Gasteiger partial charge in [0.25, 0.3) is 5.91 Å². The summed E-state index contributed by atoms with van der Waals surface area (Å²) in [7, 11) is 3.87. The van der Waals surface area contributed by atoms with Crippen molar-refractivity contribution in [3.63, 3.8) is 0 Å². The highest BCUT2D eigenvalue weighted by Gasteiger charge is 2.48. The Labute approximate surface area is 231 Å². The van der Waals surface area contributed by atoms with Gasteiger partial charge in [0.2, 0.25) is 11.9 Å². The van der Waals surface area contributed by atoms with Gasteiger partial charge in [-0.15, -0.1) is 5.10 Å². The van der Waals surface area contributed by atoms with Crippen LogP contribution in [0.1, 0.15) is 41.9 Å². The molecule has 2 amide bonds. The van der Waals surface area contributed by atoms with Gasteiger partial charge in [0.15, 0.2) is 5.82 Å². The van der Waals surface area contributed by atoms with Crippen LogP contribution in [0.2, 0.25) is 0 Å². The van der Waals surface area contributed by atoms with E-state index in [1.54, 1.807) is 29.9 Å². The number of nitrogens with one attached hydrogen (secondary N) is 1. The number of hydrogen-bond acceptors (Lipinski definition) is 6. The first kappa shape index (κ1) is 27.9. The van der Waals surface area contributed by atoms with Crippen LogP contribution in [0.3, 0.4) is 0 Å². The van der Waals surface area contributed by atoms with Gasteiger partial charge in [-0.05, 0) is 56.3 Å². The van der Waals surface area contributed by atoms with Crippen LogP contribution in [0.15, 0.2) is 42.5 Å². The van der Waals surface area contributed by atoms with E-state index in [0.717, 1.165) is 43.9 Å². The van der Waals surface area contributed by atoms with Gasteiger partial charge in [-0.3, -0.25) is 9.59 Å². The Morgan fingerprint density at radius 1 is 1.07 bits per heavy atom. The Bertz CT molecular complexity index is 1330. The second-order valence-corrected chi connectivity index (χ2v) is 11.1. The summed E-state index contributed by atoms with van der Waals surface area (Å²) in [5, 5.41) is 7.58. The standard InChI is InChI=1S/C28H34F3N7O2/c1-19(20-9-13-37(14-10-20)23(39)8-11-28(29,30)31)24-33-26(34-36(24)3)32-22-6-4-21(5-7-22)25(40)38-17-27(18-38)12-15-35(2)16-27/h4-7,9H,1,8,10-18H2,2-3H3,(H,32,34). The van der Waals surface area contributed by atoms with Gasteiger partial charge in [0, 0.05) is 68.4 Å². The Hall–Kier alpha value is -3.67. The van der Waals surface area contributed by atoms with Crippen LogP contribution in [0, 0.1) is 5.41 Å². The van der Waals surface area contributed by atoms with E-state index in [1.165, 1.54) is 4.90 Å². The van der Waals surface area contributed by atoms with Crippen LogP contribution in [0.25, 0.3) is 5.57 Å². The summed E-state index contributed by atoms with van der Waals surface area (Å²) in [6, 6.07) is 7.25. The van der Waals surface area contributed by atoms with Crippen LogP contribution in [0.4, 0.5) is 24.8 Å². The smallest absolute Gasteiger partial charge is 0.339 e. The molecule has 0 saturated carbocycles. The van der Waals surface area contributed by atoms with E-state index in [2.05, 4.69) is 33.9 Å². The maximum Gasteiger partial charge on any atom is 0.389 e. The number of carbonyl (C=O) groups excluding carboxylic acids is 2. The second kappa shape index (κ2) is 10.7. The Morgan fingerprint density at radius 3 is 2.40 bits per heavy atom. The molecule has 5 rings (SSSR count). The number of nitrogens with zero attached hydrogens (tertiary/aromatic N) is 6. The number of likely N-dealkylation sites (tertiary alicyclic amines) is 2. The SMILES string of the molecule is C=C(C1=CCN(C(=O)CCC(F)(F)F)CC1)c1nc(Nc2ccc(C(=O)N3CC4(CCN(C)C4)C3)cc2)nn1C. The lowest BCUT2D eigenvalue weighted by Gasteiger charge is -2.48. The number of allylic oxidation sites excluding steroid dienone is 1. The minimum atomic E-state index is -4.35. The van der Waals surface area contributed by atoms with Gasteiger partial charge in [-0.1, -0.05) is 12.7 Å². The normalized spacial score (nSPS) is 19.0. The molecule has 1 aromatic heterocycles. The molecule has 2 saturated heterocycles. The van der Waals surface area contributed by atoms with Crippen LogP contribution >= 0.6 is 0 Å². The third-order valence-corrected chi connectivity index (χ3v) is 7.96. The van der Waals surface area contributed by atoms with Crippen molar-refractivity contribution in [1.29, 1.82) is 0 Å². The average Bonchev–Trinajstić information content (AvgIpc) is 3.48. The number of hydrogen-bond donors (Lipinski definition) is 1. The van der Waals surface area contributed by atoms with Crippen molar-refractivity contribution < 1.29 is 22.8 Å². The number of halogens is 3. The maximum absolute atomic E-state index is 12.9. The lowest BCUT2D eigenvalue weighted by Crippen LogP contribution is -2.59. The number of benzene rings is 1. The Morgan fingerprint density at radius 2 is 1.80 bits per heavy atom. The summed E-state index contributed by atoms with van der Waals surface area (Å²) in [5.41, 5.74) is 3.17. The summed E-state index contributed by atoms with van der Waals surface area (Å²) >= 11 is 0. The molecule has 214 valence electrons. The summed E-state index contributed by atoms with van der Waals surface area (Å²) in [5.74, 6) is 0.448. The number of carbonyl (C=O) groups is 2. The van der Waals surface area contributed by atoms with Crippen molar-refractivity contribution in [2.45, 2.75) is 31.9 Å². The number of aryl methyl sites for hydroxylation is 1. The quantitative estimate of drug-likeness (QED) is 0.557. The van der Waals surface area contributed by atoms with Crippen molar-refractivity contribution in [3.05, 3.63) is 53.9 Å². The van der Waals surface area contributed by atoms with Crippen molar-refractivity contribution in [1.82, 2.24) is 29.5 Å². The Balaban J connectivity index is 1.15. The number of aromatic nitrogens is 3. The molecule has 9 nitrogen and oxygen atoms in total. The largest absolute Gasteiger partial charge is 0.389 e. The molecule has 1 N–H and O–H groups in total. The lowest BCUT2D eigenvalue weighted by molar-refractivity contribution is -0.148. The van der Waals surface area contributed by atoms with Crippen LogP contribution in [-0.4, -0.2) is 93.8 Å². The third kappa shape index (κ3) is 6.06. The first-order valence-corrected chi connectivity index (χ1v) is 13.4. The number of rotatable bonds is 7. The summed E-state index contributed by atoms with van der Waals surface area (Å²) < 4.78 is 38.9. The zero-order chi connectivity index (χ0) is 28.7. The monoisotopic (exact) mass is 557 g/mol. The van der Waals surface area contributed by atoms with Crippen molar-refractivity contribution in [3.8, 4) is 0 Å². The average molecular weight is 558 g/mol. The topological polar surface area (TPSA) is 86.6 Å². The Kier molecular flexibility index (Phi) is 7.47. The molecule has 0 atom stereocenters. The van der Waals surface area contributed by atoms with Gasteiger partial charge in [-0.2, -0.15) is 18.2 Å². The molecule has 3 aliphatic rings. The minimum absolute atomic E-state index is 0.0441. The van der Waals surface area contributed by atoms with Gasteiger partial charge in [0.1, 0.15) is 0 Å². The van der Waals surface area contributed by atoms with E-state index in [0.29, 0.717) is 35.9 Å². The van der Waals surface area contributed by atoms with E-state index in [4.69, 9.17) is 0 Å². The molecule has 0 bridgehead atoms. The molecule has 4 heterocycles. The van der Waals surface area contributed by atoms with Gasteiger partial charge in [-0.25, -0.2) is 4.68 Å². The highest BCUT2D eigenvalue weighted by Crippen LogP contribution is 2.39. The fourth-order valence-corrected chi connectivity index (χ4v) is 5.75. The van der Waals surface area contributed by atoms with Gasteiger partial charge >= 0.3 is 6.18 Å². The predicted octanol–water partition coefficient (Wildman–Crippen LogP) is 3.85. The van der Waals surface area contributed by atoms with Crippen LogP contribution < -0.4 is 5.32 Å². The fourth-order valence-electron chi connectivity index (χ4n) is 5.75. The maximum atomic E-state index is 12.9. The number of alkyl halides is 3. The van der Waals surface area contributed by atoms with Crippen LogP contribution in [0.5, 0.6) is 0 Å². The van der Waals surface area contributed by atoms with Gasteiger partial charge in [0.05, 0.1) is 6.42 Å². The molecule has 3 aliphatic heterocycles. The second-order valence-electron chi connectivity index (χ2n) is 11.1. The van der Waals surface area contributed by atoms with E-state index in [9.17, 15) is 22.8 Å². The molecule has 0 aliphatic carbocycles. The molecule has 2 fully saturated rings. The lowest BCUT2D eigenvalue weighted by atomic mass is 9.79. The van der Waals surface area contributed by atoms with E-state index >= 15 is 0 Å². The summed E-state index contributed by atoms with van der Waals surface area (Å²) in [6.07, 6.45) is -2.59. The zero-order valence-electron chi connectivity index (χ0n) is 22.8. The molecule has 12 heteroatoms. The number of anilines is 2. The minimum Gasteiger partial charge on any atom is -0.339 e. The zero-order valence-corrected chi connectivity index (χ0v) is 22.8. The van der Waals surface area contributed by atoms with E-state index in [-0.39, 0.29) is 17.9 Å². The first-order chi connectivity index (χ1) is 18.9. The fraction of sp³-hybridized carbons (Fsp3) is 0.500. The summed E-state index contributed by atoms with van der Waals surface area (Å²) in [4.78, 5) is 35.2. The van der Waals surface area contributed by atoms with Crippen molar-refractivity contribution >= 4 is 29.0 Å². The van der Waals surface area contributed by atoms with Crippen LogP contribution in [-0.2, 0) is 11.8 Å². The third-order valence-electron chi connectivity index (χ3n) is 7.96. The summed E-state index contributed by atoms with van der Waals surface area (Å²) in [6.45, 7) is 8.45. The molecular weight excluding hydrogens is 523 g/mol. The molecule has 2 aromatic rings. The van der Waals surface area contributed by atoms with E-state index < -0.39 is 24.9 Å². The molecular formula is C28H34F3N7O2. The highest BCUT2D eigenvalue weighted by atomic mass is 19.4. The van der Waals surface area contributed by atoms with E-state index in [1.807, 2.05) is 17.0 Å². The highest BCUT2D eigenvalue weighted by molar-refractivity contribution is 5.95. The number of amides is 2. The first-order valence-electron chi connectivity index (χ1n) is 13.4. The molecule has 40 heavy (non-hydrogen) atoms. The van der Waals surface area contributed by atoms with Gasteiger partial charge < -0.3 is 20.0 Å². The van der Waals surface area contributed by atoms with Crippen molar-refractivity contribution in [2.75, 3.05) is 51.6 Å². The molecule has 0 radical (unpaired) electrons. The molecule has 1 aromatic carbocycles. The predicted molar refractivity (Wildman–Crippen MR) is 145 cm³/mol. The van der Waals surface area contributed by atoms with Crippen molar-refractivity contribution in [2.24, 2.45) is 12.5 Å².